The number of hydrogen-bond acceptors (Lipinski definition) is 4. The highest BCUT2D eigenvalue weighted by Gasteiger charge is 2.18. The predicted molar refractivity (Wildman–Crippen MR) is 131 cm³/mol. The molecule has 1 N–H and O–H groups in total. The van der Waals surface area contributed by atoms with Gasteiger partial charge in [-0.25, -0.2) is 0 Å². The van der Waals surface area contributed by atoms with E-state index in [9.17, 15) is 9.59 Å². The average molecular weight is 466 g/mol. The number of pyridine rings is 1. The molecule has 1 heterocycles. The van der Waals surface area contributed by atoms with Crippen LogP contribution in [0.1, 0.15) is 53.1 Å². The minimum Gasteiger partial charge on any atom is -0.494 e. The molecule has 6 nitrogen and oxygen atoms in total. The number of hydrogen-bond donors (Lipinski definition) is 1. The van der Waals surface area contributed by atoms with E-state index in [2.05, 4.69) is 17.2 Å². The number of anilines is 1. The Balaban J connectivity index is 1.74. The highest BCUT2D eigenvalue weighted by Crippen LogP contribution is 2.24. The normalized spacial score (nSPS) is 10.5. The Morgan fingerprint density at radius 3 is 2.52 bits per heavy atom. The van der Waals surface area contributed by atoms with Crippen LogP contribution in [0.4, 0.5) is 5.69 Å². The monoisotopic (exact) mass is 465 g/mol. The van der Waals surface area contributed by atoms with E-state index in [1.165, 1.54) is 0 Å². The van der Waals surface area contributed by atoms with E-state index in [-0.39, 0.29) is 11.8 Å². The van der Waals surface area contributed by atoms with Crippen molar-refractivity contribution >= 4 is 29.1 Å². The van der Waals surface area contributed by atoms with Crippen molar-refractivity contribution in [3.05, 3.63) is 88.7 Å². The van der Waals surface area contributed by atoms with Gasteiger partial charge >= 0.3 is 0 Å². The Hall–Kier alpha value is -3.38. The Morgan fingerprint density at radius 1 is 1.06 bits per heavy atom. The minimum absolute atomic E-state index is 0.111. The van der Waals surface area contributed by atoms with Gasteiger partial charge in [0.15, 0.2) is 0 Å². The second-order valence-electron chi connectivity index (χ2n) is 7.52. The quantitative estimate of drug-likeness (QED) is 0.382. The molecule has 0 aliphatic rings. The van der Waals surface area contributed by atoms with Crippen molar-refractivity contribution < 1.29 is 14.3 Å². The molecule has 0 aliphatic heterocycles. The maximum absolute atomic E-state index is 13.1. The van der Waals surface area contributed by atoms with Crippen LogP contribution < -0.4 is 10.1 Å². The van der Waals surface area contributed by atoms with Crippen molar-refractivity contribution in [2.45, 2.75) is 33.2 Å². The zero-order chi connectivity index (χ0) is 23.6. The first-order valence-electron chi connectivity index (χ1n) is 11.0. The zero-order valence-corrected chi connectivity index (χ0v) is 19.6. The average Bonchev–Trinajstić information content (AvgIpc) is 2.84. The van der Waals surface area contributed by atoms with Gasteiger partial charge in [0.05, 0.1) is 6.61 Å². The van der Waals surface area contributed by atoms with Crippen LogP contribution in [-0.2, 0) is 6.54 Å². The van der Waals surface area contributed by atoms with Crippen LogP contribution in [0.15, 0.2) is 66.9 Å². The lowest BCUT2D eigenvalue weighted by Crippen LogP contribution is -2.30. The summed E-state index contributed by atoms with van der Waals surface area (Å²) in [6.07, 6.45) is 3.62. The van der Waals surface area contributed by atoms with E-state index in [0.717, 1.165) is 24.2 Å². The molecule has 172 valence electrons. The van der Waals surface area contributed by atoms with Crippen LogP contribution in [0.2, 0.25) is 5.02 Å². The van der Waals surface area contributed by atoms with Crippen LogP contribution in [-0.4, -0.2) is 34.8 Å². The molecule has 7 heteroatoms. The molecule has 2 amide bonds. The summed E-state index contributed by atoms with van der Waals surface area (Å²) in [5.41, 5.74) is 2.20. The summed E-state index contributed by atoms with van der Waals surface area (Å²) in [4.78, 5) is 31.5. The third-order valence-corrected chi connectivity index (χ3v) is 5.35. The summed E-state index contributed by atoms with van der Waals surface area (Å²) in [6, 6.07) is 17.5. The van der Waals surface area contributed by atoms with Crippen LogP contribution in [0.25, 0.3) is 0 Å². The van der Waals surface area contributed by atoms with E-state index in [0.29, 0.717) is 41.7 Å². The molecule has 33 heavy (non-hydrogen) atoms. The molecule has 0 saturated carbocycles. The fourth-order valence-corrected chi connectivity index (χ4v) is 3.44. The van der Waals surface area contributed by atoms with Crippen LogP contribution in [0.3, 0.4) is 0 Å². The molecule has 1 aromatic heterocycles. The maximum atomic E-state index is 13.1. The number of ether oxygens (including phenoxy) is 1. The van der Waals surface area contributed by atoms with E-state index < -0.39 is 0 Å². The van der Waals surface area contributed by atoms with Crippen molar-refractivity contribution in [3.63, 3.8) is 0 Å². The topological polar surface area (TPSA) is 71.5 Å². The predicted octanol–water partition coefficient (Wildman–Crippen LogP) is 5.83. The third kappa shape index (κ3) is 6.80. The molecule has 0 unspecified atom stereocenters. The molecular weight excluding hydrogens is 438 g/mol. The molecule has 0 spiro atoms. The highest BCUT2D eigenvalue weighted by atomic mass is 35.5. The van der Waals surface area contributed by atoms with E-state index in [1.807, 2.05) is 19.1 Å². The Bertz CT molecular complexity index is 1070. The SMILES string of the molecule is CCCCOc1ccc(C(=O)N(CC)Cc2cc(Cl)ccc2NC(=O)c2ccccn2)cc1. The first-order valence-corrected chi connectivity index (χ1v) is 11.4. The van der Waals surface area contributed by atoms with Crippen molar-refractivity contribution in [2.75, 3.05) is 18.5 Å². The standard InChI is InChI=1S/C26H28ClN3O3/c1-3-5-16-33-22-12-9-19(10-13-22)26(32)30(4-2)18-20-17-21(27)11-14-23(20)29-25(31)24-8-6-7-15-28-24/h6-15,17H,3-5,16,18H2,1-2H3,(H,29,31). The Kier molecular flexibility index (Phi) is 8.84. The summed E-state index contributed by atoms with van der Waals surface area (Å²) in [5, 5.41) is 3.41. The molecular formula is C26H28ClN3O3. The van der Waals surface area contributed by atoms with Gasteiger partial charge in [0.1, 0.15) is 11.4 Å². The highest BCUT2D eigenvalue weighted by molar-refractivity contribution is 6.30. The van der Waals surface area contributed by atoms with Gasteiger partial charge in [-0.3, -0.25) is 14.6 Å². The van der Waals surface area contributed by atoms with Crippen LogP contribution >= 0.6 is 11.6 Å². The second-order valence-corrected chi connectivity index (χ2v) is 7.95. The number of carbonyl (C=O) groups is 2. The molecule has 0 radical (unpaired) electrons. The van der Waals surface area contributed by atoms with Gasteiger partial charge in [0.25, 0.3) is 11.8 Å². The summed E-state index contributed by atoms with van der Waals surface area (Å²) < 4.78 is 5.68. The lowest BCUT2D eigenvalue weighted by Gasteiger charge is -2.23. The summed E-state index contributed by atoms with van der Waals surface area (Å²) in [7, 11) is 0. The van der Waals surface area contributed by atoms with Gasteiger partial charge in [0.2, 0.25) is 0 Å². The van der Waals surface area contributed by atoms with E-state index in [1.54, 1.807) is 59.6 Å². The smallest absolute Gasteiger partial charge is 0.274 e. The van der Waals surface area contributed by atoms with E-state index in [4.69, 9.17) is 16.3 Å². The molecule has 2 aromatic carbocycles. The zero-order valence-electron chi connectivity index (χ0n) is 18.9. The molecule has 3 aromatic rings. The first kappa shape index (κ1) is 24.3. The van der Waals surface area contributed by atoms with Crippen molar-refractivity contribution in [2.24, 2.45) is 0 Å². The van der Waals surface area contributed by atoms with Gasteiger partial charge in [-0.2, -0.15) is 0 Å². The summed E-state index contributed by atoms with van der Waals surface area (Å²) in [5.74, 6) is 0.309. The lowest BCUT2D eigenvalue weighted by atomic mass is 10.1. The number of carbonyl (C=O) groups excluding carboxylic acids is 2. The molecule has 0 saturated heterocycles. The van der Waals surface area contributed by atoms with Crippen molar-refractivity contribution in [1.29, 1.82) is 0 Å². The molecule has 0 fully saturated rings. The molecule has 0 bridgehead atoms. The Labute approximate surface area is 199 Å². The fourth-order valence-electron chi connectivity index (χ4n) is 3.24. The van der Waals surface area contributed by atoms with Gasteiger partial charge in [-0.05, 0) is 73.5 Å². The van der Waals surface area contributed by atoms with Crippen molar-refractivity contribution in [1.82, 2.24) is 9.88 Å². The molecule has 3 rings (SSSR count). The number of rotatable bonds is 10. The minimum atomic E-state index is -0.327. The van der Waals surface area contributed by atoms with Gasteiger partial charge in [0, 0.05) is 35.6 Å². The summed E-state index contributed by atoms with van der Waals surface area (Å²) >= 11 is 6.22. The number of halogens is 1. The third-order valence-electron chi connectivity index (χ3n) is 5.11. The lowest BCUT2D eigenvalue weighted by molar-refractivity contribution is 0.0753. The molecule has 0 atom stereocenters. The van der Waals surface area contributed by atoms with Crippen LogP contribution in [0.5, 0.6) is 5.75 Å². The number of nitrogens with one attached hydrogen (secondary N) is 1. The van der Waals surface area contributed by atoms with Crippen LogP contribution in [0, 0.1) is 0 Å². The van der Waals surface area contributed by atoms with Gasteiger partial charge < -0.3 is 15.0 Å². The van der Waals surface area contributed by atoms with Gasteiger partial charge in [-0.1, -0.05) is 31.0 Å². The van der Waals surface area contributed by atoms with Crippen molar-refractivity contribution in [3.8, 4) is 5.75 Å². The first-order chi connectivity index (χ1) is 16.0. The largest absolute Gasteiger partial charge is 0.494 e. The number of nitrogens with zero attached hydrogens (tertiary/aromatic N) is 2. The fraction of sp³-hybridized carbons (Fsp3) is 0.269. The second kappa shape index (κ2) is 12.0. The maximum Gasteiger partial charge on any atom is 0.274 e. The Morgan fingerprint density at radius 2 is 1.85 bits per heavy atom. The number of unbranched alkanes of at least 4 members (excludes halogenated alkanes) is 1. The number of aromatic nitrogens is 1. The van der Waals surface area contributed by atoms with Gasteiger partial charge in [-0.15, -0.1) is 0 Å². The molecule has 0 aliphatic carbocycles. The summed E-state index contributed by atoms with van der Waals surface area (Å²) in [6.45, 7) is 5.47. The number of benzene rings is 2. The van der Waals surface area contributed by atoms with E-state index >= 15 is 0 Å². The number of amides is 2.